The minimum Gasteiger partial charge on any atom is -0.507 e. The highest BCUT2D eigenvalue weighted by atomic mass is 35.5. The number of rotatable bonds is 6. The minimum absolute atomic E-state index is 0.0280. The van der Waals surface area contributed by atoms with Crippen LogP contribution in [0.3, 0.4) is 0 Å². The third-order valence-corrected chi connectivity index (χ3v) is 9.60. The minimum atomic E-state index is -4.22. The first-order valence-corrected chi connectivity index (χ1v) is 17.2. The van der Waals surface area contributed by atoms with E-state index in [1.807, 2.05) is 24.3 Å². The summed E-state index contributed by atoms with van der Waals surface area (Å²) in [4.78, 5) is 4.82. The quantitative estimate of drug-likeness (QED) is 0.143. The van der Waals surface area contributed by atoms with E-state index in [9.17, 15) is 13.5 Å². The van der Waals surface area contributed by atoms with E-state index in [0.717, 1.165) is 28.1 Å². The van der Waals surface area contributed by atoms with Crippen molar-refractivity contribution in [2.45, 2.75) is 59.3 Å². The Morgan fingerprint density at radius 2 is 1.48 bits per heavy atom. The van der Waals surface area contributed by atoms with Gasteiger partial charge in [-0.2, -0.15) is 8.42 Å². The molecule has 236 valence electrons. The molecule has 0 aliphatic rings. The zero-order valence-corrected chi connectivity index (χ0v) is 28.6. The number of fused-ring (bicyclic) bond motifs is 4. The Kier molecular flexibility index (Phi) is 8.02. The van der Waals surface area contributed by atoms with E-state index in [-0.39, 0.29) is 27.2 Å². The molecule has 0 radical (unpaired) electrons. The molecule has 6 rings (SSSR count). The number of hydrogen-bond acceptors (Lipinski definition) is 5. The number of aromatic nitrogens is 1. The Morgan fingerprint density at radius 1 is 0.761 bits per heavy atom. The summed E-state index contributed by atoms with van der Waals surface area (Å²) in [6, 6.07) is 25.5. The van der Waals surface area contributed by atoms with Crippen LogP contribution in [0.5, 0.6) is 11.5 Å². The average molecular weight is 652 g/mol. The van der Waals surface area contributed by atoms with Crippen molar-refractivity contribution in [3.63, 3.8) is 0 Å². The van der Waals surface area contributed by atoms with Crippen molar-refractivity contribution in [2.75, 3.05) is 0 Å². The first-order valence-electron chi connectivity index (χ1n) is 15.4. The normalized spacial score (nSPS) is 12.7. The fraction of sp³-hybridized carbons (Fsp3) is 0.256. The number of nitrogens with zero attached hydrogens (tertiary/aromatic N) is 1. The highest BCUT2D eigenvalue weighted by Crippen LogP contribution is 2.46. The van der Waals surface area contributed by atoms with Gasteiger partial charge in [-0.3, -0.25) is 4.98 Å². The summed E-state index contributed by atoms with van der Waals surface area (Å²) in [6.07, 6.45) is 3.19. The molecule has 46 heavy (non-hydrogen) atoms. The lowest BCUT2D eigenvalue weighted by atomic mass is 9.82. The van der Waals surface area contributed by atoms with E-state index in [2.05, 4.69) is 59.7 Å². The lowest BCUT2D eigenvalue weighted by molar-refractivity contribution is 0.397. The maximum atomic E-state index is 13.6. The van der Waals surface area contributed by atoms with Crippen LogP contribution >= 0.6 is 11.6 Å². The Bertz CT molecular complexity index is 2230. The van der Waals surface area contributed by atoms with Gasteiger partial charge in [0.2, 0.25) is 0 Å². The van der Waals surface area contributed by atoms with Gasteiger partial charge in [0, 0.05) is 27.7 Å². The second kappa shape index (κ2) is 11.6. The summed E-state index contributed by atoms with van der Waals surface area (Å²) in [5.74, 6) is 0.204. The molecule has 0 unspecified atom stereocenters. The van der Waals surface area contributed by atoms with E-state index in [1.165, 1.54) is 17.7 Å². The van der Waals surface area contributed by atoms with Crippen molar-refractivity contribution in [1.29, 1.82) is 0 Å². The fourth-order valence-electron chi connectivity index (χ4n) is 6.21. The molecule has 6 aromatic rings. The SMILES string of the molecule is CC(C)(C)Cc1ccc2c(CC(C)(C)C)c(O)c(-c3nccc4c3c(OS(=O)(=O)c3ccccc3)cc3c(Cl)cccc34)cc2c1. The number of halogens is 1. The largest absolute Gasteiger partial charge is 0.507 e. The molecule has 5 nitrogen and oxygen atoms in total. The van der Waals surface area contributed by atoms with Crippen LogP contribution in [0.1, 0.15) is 52.7 Å². The van der Waals surface area contributed by atoms with Crippen LogP contribution < -0.4 is 4.18 Å². The molecule has 0 saturated heterocycles. The van der Waals surface area contributed by atoms with Gasteiger partial charge in [-0.1, -0.05) is 102 Å². The van der Waals surface area contributed by atoms with E-state index in [4.69, 9.17) is 20.8 Å². The Labute approximate surface area is 276 Å². The van der Waals surface area contributed by atoms with Crippen LogP contribution in [0.4, 0.5) is 0 Å². The zero-order valence-electron chi connectivity index (χ0n) is 27.0. The molecule has 5 aromatic carbocycles. The molecule has 1 aromatic heterocycles. The maximum Gasteiger partial charge on any atom is 0.339 e. The van der Waals surface area contributed by atoms with Gasteiger partial charge >= 0.3 is 10.1 Å². The molecule has 1 heterocycles. The van der Waals surface area contributed by atoms with E-state index >= 15 is 0 Å². The smallest absolute Gasteiger partial charge is 0.339 e. The third-order valence-electron chi connectivity index (χ3n) is 8.03. The van der Waals surface area contributed by atoms with Crippen molar-refractivity contribution < 1.29 is 17.7 Å². The average Bonchev–Trinajstić information content (AvgIpc) is 2.97. The summed E-state index contributed by atoms with van der Waals surface area (Å²) < 4.78 is 33.1. The van der Waals surface area contributed by atoms with Crippen LogP contribution in [-0.4, -0.2) is 18.5 Å². The molecular formula is C39H38ClNO4S. The van der Waals surface area contributed by atoms with Crippen LogP contribution in [-0.2, 0) is 23.0 Å². The molecule has 0 aliphatic carbocycles. The number of aromatic hydroxyl groups is 1. The Balaban J connectivity index is 1.69. The van der Waals surface area contributed by atoms with Gasteiger partial charge in [-0.05, 0) is 87.2 Å². The van der Waals surface area contributed by atoms with Crippen molar-refractivity contribution in [3.05, 3.63) is 107 Å². The Hall–Kier alpha value is -4.13. The zero-order chi connectivity index (χ0) is 33.0. The second-order valence-corrected chi connectivity index (χ2v) is 16.4. The topological polar surface area (TPSA) is 76.5 Å². The van der Waals surface area contributed by atoms with Crippen molar-refractivity contribution in [3.8, 4) is 22.8 Å². The van der Waals surface area contributed by atoms with E-state index < -0.39 is 10.1 Å². The van der Waals surface area contributed by atoms with Gasteiger partial charge < -0.3 is 9.29 Å². The molecule has 0 saturated carbocycles. The van der Waals surface area contributed by atoms with Gasteiger partial charge in [-0.25, -0.2) is 0 Å². The number of phenolic OH excluding ortho intramolecular Hbond substituents is 1. The summed E-state index contributed by atoms with van der Waals surface area (Å²) in [5.41, 5.74) is 2.93. The van der Waals surface area contributed by atoms with Crippen molar-refractivity contribution in [1.82, 2.24) is 4.98 Å². The lowest BCUT2D eigenvalue weighted by Crippen LogP contribution is -2.11. The number of benzene rings is 5. The van der Waals surface area contributed by atoms with Crippen LogP contribution in [0.25, 0.3) is 43.6 Å². The standard InChI is InChI=1S/C39H38ClNO4S/c1-38(2,3)22-24-15-16-27-25(19-24)20-31(37(42)32(27)23-39(4,5)6)36-35-29(17-18-41-36)28-13-10-14-33(40)30(28)21-34(35)45-46(43,44)26-11-8-7-9-12-26/h7-21,42H,22-23H2,1-6H3. The second-order valence-electron chi connectivity index (χ2n) is 14.4. The molecule has 0 spiro atoms. The molecule has 0 atom stereocenters. The number of hydrogen-bond donors (Lipinski definition) is 1. The molecule has 0 fully saturated rings. The predicted molar refractivity (Wildman–Crippen MR) is 189 cm³/mol. The molecule has 0 aliphatic heterocycles. The number of phenols is 1. The van der Waals surface area contributed by atoms with Gasteiger partial charge in [0.05, 0.1) is 11.1 Å². The summed E-state index contributed by atoms with van der Waals surface area (Å²) in [7, 11) is -4.22. The van der Waals surface area contributed by atoms with Crippen molar-refractivity contribution in [2.24, 2.45) is 10.8 Å². The Morgan fingerprint density at radius 3 is 2.17 bits per heavy atom. The van der Waals surface area contributed by atoms with E-state index in [0.29, 0.717) is 38.9 Å². The molecule has 0 bridgehead atoms. The fourth-order valence-corrected chi connectivity index (χ4v) is 7.40. The van der Waals surface area contributed by atoms with Gasteiger partial charge in [0.1, 0.15) is 10.6 Å². The van der Waals surface area contributed by atoms with Gasteiger partial charge in [0.15, 0.2) is 5.75 Å². The first kappa shape index (κ1) is 31.8. The van der Waals surface area contributed by atoms with Gasteiger partial charge in [-0.15, -0.1) is 0 Å². The third kappa shape index (κ3) is 6.29. The molecule has 1 N–H and O–H groups in total. The molecule has 7 heteroatoms. The van der Waals surface area contributed by atoms with Crippen LogP contribution in [0.15, 0.2) is 96.0 Å². The van der Waals surface area contributed by atoms with Crippen molar-refractivity contribution >= 4 is 54.0 Å². The van der Waals surface area contributed by atoms with Gasteiger partial charge in [0.25, 0.3) is 0 Å². The number of pyridine rings is 1. The highest BCUT2D eigenvalue weighted by Gasteiger charge is 2.26. The molecular weight excluding hydrogens is 614 g/mol. The van der Waals surface area contributed by atoms with E-state index in [1.54, 1.807) is 36.5 Å². The monoisotopic (exact) mass is 651 g/mol. The summed E-state index contributed by atoms with van der Waals surface area (Å²) in [6.45, 7) is 13.1. The summed E-state index contributed by atoms with van der Waals surface area (Å²) in [5, 5.41) is 17.1. The molecule has 0 amide bonds. The lowest BCUT2D eigenvalue weighted by Gasteiger charge is -2.23. The first-order chi connectivity index (χ1) is 21.6. The predicted octanol–water partition coefficient (Wildman–Crippen LogP) is 10.5. The van der Waals surface area contributed by atoms with Crippen LogP contribution in [0, 0.1) is 10.8 Å². The van der Waals surface area contributed by atoms with Crippen LogP contribution in [0.2, 0.25) is 5.02 Å². The highest BCUT2D eigenvalue weighted by molar-refractivity contribution is 7.87. The maximum absolute atomic E-state index is 13.6. The summed E-state index contributed by atoms with van der Waals surface area (Å²) >= 11 is 6.65.